The van der Waals surface area contributed by atoms with Crippen molar-refractivity contribution in [2.75, 3.05) is 26.2 Å². The maximum absolute atomic E-state index is 13.1. The lowest BCUT2D eigenvalue weighted by atomic mass is 9.49. The van der Waals surface area contributed by atoms with Gasteiger partial charge < -0.3 is 4.90 Å². The molecule has 5 fully saturated rings. The van der Waals surface area contributed by atoms with Crippen molar-refractivity contribution < 1.29 is 13.2 Å². The zero-order chi connectivity index (χ0) is 21.1. The predicted octanol–water partition coefficient (Wildman–Crippen LogP) is 3.74. The van der Waals surface area contributed by atoms with Crippen LogP contribution in [0.25, 0.3) is 0 Å². The Kier molecular flexibility index (Phi) is 5.01. The Bertz CT molecular complexity index is 912. The van der Waals surface area contributed by atoms with Crippen LogP contribution in [-0.2, 0) is 14.8 Å². The van der Waals surface area contributed by atoms with Crippen molar-refractivity contribution in [1.82, 2.24) is 9.21 Å². The molecule has 0 N–H and O–H groups in total. The number of sulfonamides is 1. The van der Waals surface area contributed by atoms with Crippen LogP contribution >= 0.6 is 0 Å². The molecule has 0 aromatic heterocycles. The Hall–Kier alpha value is -1.40. The number of aryl methyl sites for hydroxylation is 2. The highest BCUT2D eigenvalue weighted by Crippen LogP contribution is 2.61. The summed E-state index contributed by atoms with van der Waals surface area (Å²) in [6.45, 7) is 5.73. The number of carbonyl (C=O) groups is 1. The number of hydrogen-bond acceptors (Lipinski definition) is 3. The quantitative estimate of drug-likeness (QED) is 0.731. The third-order valence-corrected chi connectivity index (χ3v) is 10.3. The second-order valence-corrected chi connectivity index (χ2v) is 12.6. The summed E-state index contributed by atoms with van der Waals surface area (Å²) in [4.78, 5) is 15.4. The minimum absolute atomic E-state index is 0.245. The van der Waals surface area contributed by atoms with Gasteiger partial charge in [0.05, 0.1) is 4.90 Å². The highest BCUT2D eigenvalue weighted by atomic mass is 32.2. The Morgan fingerprint density at radius 3 is 2.03 bits per heavy atom. The number of amides is 1. The monoisotopic (exact) mass is 430 g/mol. The highest BCUT2D eigenvalue weighted by Gasteiger charge is 2.51. The molecule has 0 spiro atoms. The molecule has 0 radical (unpaired) electrons. The van der Waals surface area contributed by atoms with Crippen molar-refractivity contribution >= 4 is 15.9 Å². The van der Waals surface area contributed by atoms with Crippen LogP contribution in [-0.4, -0.2) is 49.7 Å². The molecule has 4 aliphatic carbocycles. The van der Waals surface area contributed by atoms with E-state index in [-0.39, 0.29) is 11.3 Å². The zero-order valence-electron chi connectivity index (χ0n) is 18.3. The van der Waals surface area contributed by atoms with Crippen LogP contribution in [0.15, 0.2) is 23.1 Å². The second kappa shape index (κ2) is 7.33. The van der Waals surface area contributed by atoms with Gasteiger partial charge in [0.1, 0.15) is 0 Å². The van der Waals surface area contributed by atoms with E-state index in [0.29, 0.717) is 37.5 Å². The van der Waals surface area contributed by atoms with E-state index in [2.05, 4.69) is 0 Å². The first kappa shape index (κ1) is 20.5. The van der Waals surface area contributed by atoms with Gasteiger partial charge in [-0.25, -0.2) is 8.42 Å². The van der Waals surface area contributed by atoms with Gasteiger partial charge in [-0.15, -0.1) is 0 Å². The SMILES string of the molecule is Cc1ccc(S(=O)(=O)N2CCN(C(=O)CC34CC5CC(CC(C5)C3)C4)CC2)cc1C. The Morgan fingerprint density at radius 1 is 0.933 bits per heavy atom. The van der Waals surface area contributed by atoms with E-state index in [0.717, 1.165) is 28.9 Å². The lowest BCUT2D eigenvalue weighted by Gasteiger charge is -2.57. The summed E-state index contributed by atoms with van der Waals surface area (Å²) in [7, 11) is -3.50. The first-order valence-corrected chi connectivity index (χ1v) is 13.0. The van der Waals surface area contributed by atoms with E-state index in [4.69, 9.17) is 0 Å². The minimum atomic E-state index is -3.50. The third kappa shape index (κ3) is 3.60. The van der Waals surface area contributed by atoms with Gasteiger partial charge in [-0.1, -0.05) is 6.07 Å². The molecule has 6 heteroatoms. The summed E-state index contributed by atoms with van der Waals surface area (Å²) in [6, 6.07) is 5.32. The summed E-state index contributed by atoms with van der Waals surface area (Å²) in [5.74, 6) is 2.80. The van der Waals surface area contributed by atoms with Crippen LogP contribution < -0.4 is 0 Å². The fourth-order valence-electron chi connectivity index (χ4n) is 7.14. The lowest BCUT2D eigenvalue weighted by Crippen LogP contribution is -2.53. The molecule has 1 aromatic carbocycles. The van der Waals surface area contributed by atoms with E-state index < -0.39 is 10.0 Å². The molecule has 1 aromatic rings. The van der Waals surface area contributed by atoms with Crippen molar-refractivity contribution in [3.05, 3.63) is 29.3 Å². The van der Waals surface area contributed by atoms with Gasteiger partial charge in [0, 0.05) is 32.6 Å². The molecule has 0 unspecified atom stereocenters. The summed E-state index contributed by atoms with van der Waals surface area (Å²) in [5, 5.41) is 0. The van der Waals surface area contributed by atoms with Crippen LogP contribution in [0.1, 0.15) is 56.1 Å². The molecular formula is C24H34N2O3S. The molecule has 0 atom stereocenters. The molecule has 164 valence electrons. The molecule has 5 nitrogen and oxygen atoms in total. The minimum Gasteiger partial charge on any atom is -0.340 e. The Balaban J connectivity index is 1.22. The summed E-state index contributed by atoms with van der Waals surface area (Å²) >= 11 is 0. The summed E-state index contributed by atoms with van der Waals surface area (Å²) in [6.07, 6.45) is 8.58. The maximum atomic E-state index is 13.1. The van der Waals surface area contributed by atoms with Gasteiger partial charge in [-0.2, -0.15) is 4.31 Å². The second-order valence-electron chi connectivity index (χ2n) is 10.6. The topological polar surface area (TPSA) is 57.7 Å². The molecular weight excluding hydrogens is 396 g/mol. The molecule has 1 saturated heterocycles. The molecule has 5 aliphatic rings. The lowest BCUT2D eigenvalue weighted by molar-refractivity contribution is -0.140. The van der Waals surface area contributed by atoms with Gasteiger partial charge in [0.15, 0.2) is 0 Å². The van der Waals surface area contributed by atoms with E-state index in [1.807, 2.05) is 24.8 Å². The van der Waals surface area contributed by atoms with Crippen molar-refractivity contribution in [2.45, 2.75) is 63.7 Å². The van der Waals surface area contributed by atoms with Crippen molar-refractivity contribution in [2.24, 2.45) is 23.2 Å². The van der Waals surface area contributed by atoms with Crippen molar-refractivity contribution in [3.63, 3.8) is 0 Å². The maximum Gasteiger partial charge on any atom is 0.243 e. The van der Waals surface area contributed by atoms with Crippen LogP contribution in [0.4, 0.5) is 0 Å². The predicted molar refractivity (Wildman–Crippen MR) is 116 cm³/mol. The van der Waals surface area contributed by atoms with Crippen molar-refractivity contribution in [1.29, 1.82) is 0 Å². The van der Waals surface area contributed by atoms with Gasteiger partial charge in [-0.3, -0.25) is 4.79 Å². The summed E-state index contributed by atoms with van der Waals surface area (Å²) in [5.41, 5.74) is 2.32. The van der Waals surface area contributed by atoms with Gasteiger partial charge in [0.2, 0.25) is 15.9 Å². The van der Waals surface area contributed by atoms with Crippen LogP contribution in [0.3, 0.4) is 0 Å². The number of benzene rings is 1. The van der Waals surface area contributed by atoms with E-state index >= 15 is 0 Å². The Morgan fingerprint density at radius 2 is 1.50 bits per heavy atom. The molecule has 1 heterocycles. The fourth-order valence-corrected chi connectivity index (χ4v) is 8.65. The van der Waals surface area contributed by atoms with E-state index in [9.17, 15) is 13.2 Å². The average Bonchev–Trinajstić information content (AvgIpc) is 2.68. The smallest absolute Gasteiger partial charge is 0.243 e. The van der Waals surface area contributed by atoms with Crippen molar-refractivity contribution in [3.8, 4) is 0 Å². The van der Waals surface area contributed by atoms with E-state index in [1.54, 1.807) is 16.4 Å². The number of carbonyl (C=O) groups excluding carboxylic acids is 1. The molecule has 4 saturated carbocycles. The number of nitrogens with zero attached hydrogens (tertiary/aromatic N) is 2. The van der Waals surface area contributed by atoms with E-state index in [1.165, 1.54) is 38.5 Å². The number of piperazine rings is 1. The van der Waals surface area contributed by atoms with Gasteiger partial charge in [0.25, 0.3) is 0 Å². The molecule has 1 amide bonds. The normalized spacial score (nSPS) is 33.8. The molecule has 1 aliphatic heterocycles. The number of hydrogen-bond donors (Lipinski definition) is 0. The standard InChI is InChI=1S/C24H34N2O3S/c1-17-3-4-22(9-18(17)2)30(28,29)26-7-5-25(6-8-26)23(27)16-24-13-19-10-20(14-24)12-21(11-19)15-24/h3-4,9,19-21H,5-8,10-16H2,1-2H3. The van der Waals surface area contributed by atoms with Crippen LogP contribution in [0.2, 0.25) is 0 Å². The van der Waals surface area contributed by atoms with Gasteiger partial charge >= 0.3 is 0 Å². The Labute approximate surface area is 180 Å². The zero-order valence-corrected chi connectivity index (χ0v) is 19.1. The molecule has 6 rings (SSSR count). The third-order valence-electron chi connectivity index (χ3n) is 8.40. The summed E-state index contributed by atoms with van der Waals surface area (Å²) < 4.78 is 27.6. The highest BCUT2D eigenvalue weighted by molar-refractivity contribution is 7.89. The van der Waals surface area contributed by atoms with Crippen LogP contribution in [0, 0.1) is 37.0 Å². The first-order valence-electron chi connectivity index (χ1n) is 11.6. The van der Waals surface area contributed by atoms with Gasteiger partial charge in [-0.05, 0) is 98.8 Å². The first-order chi connectivity index (χ1) is 14.2. The molecule has 4 bridgehead atoms. The van der Waals surface area contributed by atoms with Crippen LogP contribution in [0.5, 0.6) is 0 Å². The largest absolute Gasteiger partial charge is 0.340 e. The number of rotatable bonds is 4. The fraction of sp³-hybridized carbons (Fsp3) is 0.708. The molecule has 30 heavy (non-hydrogen) atoms. The average molecular weight is 431 g/mol.